The summed E-state index contributed by atoms with van der Waals surface area (Å²) >= 11 is 2.01. The number of carbonyl (C=O) groups excluding carboxylic acids is 1. The smallest absolute Gasteiger partial charge is 0.507 e. The van der Waals surface area contributed by atoms with E-state index >= 15 is 0 Å². The van der Waals surface area contributed by atoms with Crippen LogP contribution in [0, 0.1) is 13.7 Å². The van der Waals surface area contributed by atoms with Gasteiger partial charge in [-0.3, -0.25) is 4.79 Å². The number of nitro groups is 1. The molecule has 0 aliphatic rings. The molecule has 1 aromatic carbocycles. The molecule has 0 aliphatic carbocycles. The number of hydrogen-bond donors (Lipinski definition) is 2. The summed E-state index contributed by atoms with van der Waals surface area (Å²) < 4.78 is 0.783. The molecule has 0 saturated carbocycles. The Morgan fingerprint density at radius 2 is 2.30 bits per heavy atom. The van der Waals surface area contributed by atoms with Gasteiger partial charge in [0.15, 0.2) is 0 Å². The van der Waals surface area contributed by atoms with E-state index in [1.165, 1.54) is 12.1 Å². The van der Waals surface area contributed by atoms with Crippen LogP contribution in [0.15, 0.2) is 23.3 Å². The third-order valence-electron chi connectivity index (χ3n) is 2.53. The van der Waals surface area contributed by atoms with E-state index in [-0.39, 0.29) is 17.9 Å². The molecule has 0 bridgehead atoms. The summed E-state index contributed by atoms with van der Waals surface area (Å²) in [5.74, 6) is -1.37. The quantitative estimate of drug-likeness (QED) is 0.306. The summed E-state index contributed by atoms with van der Waals surface area (Å²) in [7, 11) is 0. The van der Waals surface area contributed by atoms with Crippen LogP contribution in [0.4, 0.5) is 5.95 Å². The van der Waals surface area contributed by atoms with Gasteiger partial charge in [0.1, 0.15) is 12.3 Å². The lowest BCUT2D eigenvalue weighted by Gasteiger charge is -2.04. The summed E-state index contributed by atoms with van der Waals surface area (Å²) in [5, 5.41) is 34.2. The number of tetrazole rings is 1. The number of aromatic hydroxyl groups is 1. The number of amides is 1. The first-order valence-electron chi connectivity index (χ1n) is 6.11. The lowest BCUT2D eigenvalue weighted by Crippen LogP contribution is -2.21. The van der Waals surface area contributed by atoms with Gasteiger partial charge >= 0.3 is 5.95 Å². The van der Waals surface area contributed by atoms with Gasteiger partial charge in [-0.05, 0) is 52.6 Å². The summed E-state index contributed by atoms with van der Waals surface area (Å²) in [6, 6.07) is 4.58. The fourth-order valence-electron chi connectivity index (χ4n) is 1.51. The highest BCUT2D eigenvalue weighted by molar-refractivity contribution is 14.1. The fourth-order valence-corrected chi connectivity index (χ4v) is 2.00. The van der Waals surface area contributed by atoms with Crippen molar-refractivity contribution in [3.8, 4) is 5.75 Å². The average Bonchev–Trinajstić information content (AvgIpc) is 2.96. The molecule has 0 unspecified atom stereocenters. The molecule has 1 amide bonds. The maximum absolute atomic E-state index is 11.9. The van der Waals surface area contributed by atoms with Gasteiger partial charge in [-0.15, -0.1) is 0 Å². The third-order valence-corrected chi connectivity index (χ3v) is 3.20. The van der Waals surface area contributed by atoms with Crippen LogP contribution >= 0.6 is 22.6 Å². The zero-order chi connectivity index (χ0) is 17.0. The minimum atomic E-state index is -0.766. The van der Waals surface area contributed by atoms with Gasteiger partial charge in [-0.2, -0.15) is 5.10 Å². The second-order valence-corrected chi connectivity index (χ2v) is 5.57. The van der Waals surface area contributed by atoms with Crippen LogP contribution in [-0.2, 0) is 6.54 Å². The van der Waals surface area contributed by atoms with E-state index < -0.39 is 16.8 Å². The van der Waals surface area contributed by atoms with Crippen LogP contribution in [0.1, 0.15) is 17.3 Å². The van der Waals surface area contributed by atoms with Gasteiger partial charge in [0.25, 0.3) is 5.91 Å². The number of aromatic nitrogens is 4. The number of halogens is 1. The lowest BCUT2D eigenvalue weighted by atomic mass is 10.2. The molecular weight excluding hydrogens is 421 g/mol. The number of rotatable bonds is 5. The first-order valence-corrected chi connectivity index (χ1v) is 7.19. The molecule has 11 nitrogen and oxygen atoms in total. The molecule has 0 atom stereocenters. The summed E-state index contributed by atoms with van der Waals surface area (Å²) in [4.78, 5) is 22.6. The number of hydrogen-bond acceptors (Lipinski definition) is 8. The molecule has 2 aromatic rings. The van der Waals surface area contributed by atoms with Gasteiger partial charge in [0, 0.05) is 8.78 Å². The Hall–Kier alpha value is -2.64. The zero-order valence-corrected chi connectivity index (χ0v) is 13.8. The summed E-state index contributed by atoms with van der Waals surface area (Å²) in [6.07, 6.45) is 0. The Morgan fingerprint density at radius 3 is 2.96 bits per heavy atom. The van der Waals surface area contributed by atoms with E-state index in [0.29, 0.717) is 5.71 Å². The average molecular weight is 431 g/mol. The first kappa shape index (κ1) is 16.7. The number of carbonyl (C=O) groups is 1. The van der Waals surface area contributed by atoms with E-state index in [4.69, 9.17) is 0 Å². The molecule has 1 heterocycles. The lowest BCUT2D eigenvalue weighted by molar-refractivity contribution is -0.394. The Kier molecular flexibility index (Phi) is 5.15. The Bertz CT molecular complexity index is 788. The molecule has 120 valence electrons. The van der Waals surface area contributed by atoms with Crippen LogP contribution in [0.3, 0.4) is 0 Å². The van der Waals surface area contributed by atoms with E-state index in [1.54, 1.807) is 13.0 Å². The largest absolute Gasteiger partial charge is 0.514 e. The molecule has 0 aliphatic heterocycles. The topological polar surface area (TPSA) is 148 Å². The van der Waals surface area contributed by atoms with Gasteiger partial charge in [-0.25, -0.2) is 5.43 Å². The van der Waals surface area contributed by atoms with Crippen LogP contribution in [0.5, 0.6) is 5.75 Å². The number of nitrogens with one attached hydrogen (secondary N) is 1. The molecular formula is C11H10IN7O4. The number of hydrazone groups is 1. The first-order chi connectivity index (χ1) is 10.9. The molecule has 23 heavy (non-hydrogen) atoms. The predicted octanol–water partition coefficient (Wildman–Crippen LogP) is 0.697. The molecule has 2 N–H and O–H groups in total. The molecule has 1 aromatic heterocycles. The van der Waals surface area contributed by atoms with E-state index in [9.17, 15) is 20.0 Å². The van der Waals surface area contributed by atoms with E-state index in [2.05, 4.69) is 25.9 Å². The highest BCUT2D eigenvalue weighted by Gasteiger charge is 2.16. The number of nitrogens with zero attached hydrogens (tertiary/aromatic N) is 6. The van der Waals surface area contributed by atoms with Crippen molar-refractivity contribution in [2.75, 3.05) is 0 Å². The van der Waals surface area contributed by atoms with Crippen LogP contribution < -0.4 is 5.43 Å². The second kappa shape index (κ2) is 7.08. The van der Waals surface area contributed by atoms with Crippen LogP contribution in [-0.4, -0.2) is 41.9 Å². The Labute approximate surface area is 142 Å². The van der Waals surface area contributed by atoms with Gasteiger partial charge in [0.05, 0.1) is 21.5 Å². The fraction of sp³-hybridized carbons (Fsp3) is 0.182. The highest BCUT2D eigenvalue weighted by atomic mass is 127. The zero-order valence-electron chi connectivity index (χ0n) is 11.7. The van der Waals surface area contributed by atoms with Crippen molar-refractivity contribution in [2.24, 2.45) is 5.10 Å². The van der Waals surface area contributed by atoms with Crippen molar-refractivity contribution < 1.29 is 14.8 Å². The summed E-state index contributed by atoms with van der Waals surface area (Å²) in [6.45, 7) is 1.59. The number of benzene rings is 1. The Balaban J connectivity index is 2.02. The summed E-state index contributed by atoms with van der Waals surface area (Å²) in [5.41, 5.74) is 2.75. The van der Waals surface area contributed by atoms with Gasteiger partial charge < -0.3 is 15.2 Å². The van der Waals surface area contributed by atoms with Crippen molar-refractivity contribution in [3.63, 3.8) is 0 Å². The third kappa shape index (κ3) is 4.41. The van der Waals surface area contributed by atoms with E-state index in [1.807, 2.05) is 22.6 Å². The van der Waals surface area contributed by atoms with E-state index in [0.717, 1.165) is 8.37 Å². The molecule has 12 heteroatoms. The Morgan fingerprint density at radius 1 is 1.57 bits per heavy atom. The van der Waals surface area contributed by atoms with Gasteiger partial charge in [-0.1, -0.05) is 4.80 Å². The minimum absolute atomic E-state index is 0.0133. The minimum Gasteiger partial charge on any atom is -0.507 e. The molecule has 0 saturated heterocycles. The standard InChI is InChI=1S/C11H10IN7O4/c1-6(5-18-16-11(15-17-18)19(22)23)13-14-10(21)8-4-7(12)2-3-9(8)20/h2-4,20H,5H2,1H3,(H,14,21). The molecule has 0 spiro atoms. The van der Waals surface area contributed by atoms with Crippen LogP contribution in [0.2, 0.25) is 0 Å². The molecule has 2 rings (SSSR count). The van der Waals surface area contributed by atoms with Crippen molar-refractivity contribution >= 4 is 40.2 Å². The van der Waals surface area contributed by atoms with Gasteiger partial charge in [0.2, 0.25) is 0 Å². The predicted molar refractivity (Wildman–Crippen MR) is 85.9 cm³/mol. The van der Waals surface area contributed by atoms with Crippen molar-refractivity contribution in [2.45, 2.75) is 13.5 Å². The van der Waals surface area contributed by atoms with Crippen molar-refractivity contribution in [3.05, 3.63) is 37.4 Å². The number of phenolic OH excluding ortho intramolecular Hbond substituents is 1. The monoisotopic (exact) mass is 431 g/mol. The van der Waals surface area contributed by atoms with Crippen LogP contribution in [0.25, 0.3) is 0 Å². The maximum Gasteiger partial charge on any atom is 0.514 e. The second-order valence-electron chi connectivity index (χ2n) is 4.33. The normalized spacial score (nSPS) is 11.3. The maximum atomic E-state index is 11.9. The molecule has 0 fully saturated rings. The number of phenols is 1. The molecule has 0 radical (unpaired) electrons. The SMILES string of the molecule is CC(Cn1nnc([N+](=O)[O-])n1)=NNC(=O)c1cc(I)ccc1O. The van der Waals surface area contributed by atoms with Crippen molar-refractivity contribution in [1.29, 1.82) is 0 Å². The highest BCUT2D eigenvalue weighted by Crippen LogP contribution is 2.19. The van der Waals surface area contributed by atoms with Crippen molar-refractivity contribution in [1.82, 2.24) is 25.6 Å².